The molecule has 2 rings (SSSR count). The molecule has 88 valence electrons. The molecule has 0 spiro atoms. The number of methoxy groups -OCH3 is 1. The third-order valence-corrected chi connectivity index (χ3v) is 2.67. The number of aromatic nitrogens is 1. The van der Waals surface area contributed by atoms with E-state index in [0.29, 0.717) is 22.6 Å². The zero-order chi connectivity index (χ0) is 12.4. The van der Waals surface area contributed by atoms with Crippen molar-refractivity contribution in [2.45, 2.75) is 0 Å². The highest BCUT2D eigenvalue weighted by Crippen LogP contribution is 2.33. The number of nitrogens with two attached hydrogens (primary N) is 1. The summed E-state index contributed by atoms with van der Waals surface area (Å²) in [5, 5.41) is 0.183. The number of anilines is 1. The molecule has 2 N–H and O–H groups in total. The standard InChI is InChI=1S/C12H10ClFN2O/c1-17-9-2-7(5-16-6-9)10-3-8(14)4-11(13)12(10)15/h2-6H,15H2,1H3. The molecule has 2 aromatic rings. The lowest BCUT2D eigenvalue weighted by atomic mass is 10.1. The van der Waals surface area contributed by atoms with Crippen LogP contribution >= 0.6 is 11.6 Å². The third-order valence-electron chi connectivity index (χ3n) is 2.35. The Morgan fingerprint density at radius 1 is 1.29 bits per heavy atom. The monoisotopic (exact) mass is 252 g/mol. The molecule has 0 aliphatic heterocycles. The van der Waals surface area contributed by atoms with Crippen molar-refractivity contribution < 1.29 is 9.13 Å². The van der Waals surface area contributed by atoms with E-state index in [2.05, 4.69) is 4.98 Å². The molecule has 0 atom stereocenters. The number of hydrogen-bond donors (Lipinski definition) is 1. The van der Waals surface area contributed by atoms with E-state index in [-0.39, 0.29) is 5.02 Å². The smallest absolute Gasteiger partial charge is 0.137 e. The fourth-order valence-electron chi connectivity index (χ4n) is 1.50. The lowest BCUT2D eigenvalue weighted by Crippen LogP contribution is -1.94. The van der Waals surface area contributed by atoms with Gasteiger partial charge in [0.25, 0.3) is 0 Å². The minimum Gasteiger partial charge on any atom is -0.495 e. The normalized spacial score (nSPS) is 10.3. The van der Waals surface area contributed by atoms with Crippen LogP contribution in [0.4, 0.5) is 10.1 Å². The van der Waals surface area contributed by atoms with Crippen LogP contribution in [0.5, 0.6) is 5.75 Å². The van der Waals surface area contributed by atoms with E-state index in [1.165, 1.54) is 19.2 Å². The number of pyridine rings is 1. The van der Waals surface area contributed by atoms with Crippen molar-refractivity contribution in [1.82, 2.24) is 4.98 Å². The zero-order valence-corrected chi connectivity index (χ0v) is 9.83. The summed E-state index contributed by atoms with van der Waals surface area (Å²) in [7, 11) is 1.53. The van der Waals surface area contributed by atoms with Crippen LogP contribution < -0.4 is 10.5 Å². The van der Waals surface area contributed by atoms with Gasteiger partial charge >= 0.3 is 0 Å². The lowest BCUT2D eigenvalue weighted by molar-refractivity contribution is 0.413. The van der Waals surface area contributed by atoms with Gasteiger partial charge in [0.1, 0.15) is 11.6 Å². The first-order valence-corrected chi connectivity index (χ1v) is 5.23. The number of hydrogen-bond acceptors (Lipinski definition) is 3. The Morgan fingerprint density at radius 2 is 2.06 bits per heavy atom. The van der Waals surface area contributed by atoms with Crippen LogP contribution in [0.1, 0.15) is 0 Å². The van der Waals surface area contributed by atoms with Gasteiger partial charge in [0.2, 0.25) is 0 Å². The van der Waals surface area contributed by atoms with Gasteiger partial charge in [-0.05, 0) is 18.2 Å². The average Bonchev–Trinajstić information content (AvgIpc) is 2.34. The van der Waals surface area contributed by atoms with Gasteiger partial charge in [0.15, 0.2) is 0 Å². The van der Waals surface area contributed by atoms with Gasteiger partial charge in [0.05, 0.1) is 24.0 Å². The van der Waals surface area contributed by atoms with Gasteiger partial charge in [0, 0.05) is 17.3 Å². The summed E-state index contributed by atoms with van der Waals surface area (Å²) in [4.78, 5) is 3.99. The maximum Gasteiger partial charge on any atom is 0.137 e. The summed E-state index contributed by atoms with van der Waals surface area (Å²) < 4.78 is 18.3. The molecule has 0 saturated heterocycles. The number of ether oxygens (including phenoxy) is 1. The van der Waals surface area contributed by atoms with E-state index < -0.39 is 5.82 Å². The molecule has 0 aliphatic carbocycles. The van der Waals surface area contributed by atoms with Crippen molar-refractivity contribution >= 4 is 17.3 Å². The molecule has 0 fully saturated rings. The van der Waals surface area contributed by atoms with Crippen molar-refractivity contribution in [3.8, 4) is 16.9 Å². The molecule has 0 unspecified atom stereocenters. The Balaban J connectivity index is 2.59. The number of nitrogens with zero attached hydrogens (tertiary/aromatic N) is 1. The minimum absolute atomic E-state index is 0.183. The molecule has 1 aromatic carbocycles. The van der Waals surface area contributed by atoms with Crippen molar-refractivity contribution in [1.29, 1.82) is 0 Å². The summed E-state index contributed by atoms with van der Waals surface area (Å²) in [6.07, 6.45) is 3.13. The lowest BCUT2D eigenvalue weighted by Gasteiger charge is -2.08. The summed E-state index contributed by atoms with van der Waals surface area (Å²) >= 11 is 5.83. The number of benzene rings is 1. The Kier molecular flexibility index (Phi) is 3.15. The highest BCUT2D eigenvalue weighted by Gasteiger charge is 2.10. The summed E-state index contributed by atoms with van der Waals surface area (Å²) in [6.45, 7) is 0. The van der Waals surface area contributed by atoms with Crippen LogP contribution in [0, 0.1) is 5.82 Å². The van der Waals surface area contributed by atoms with Crippen molar-refractivity contribution in [2.75, 3.05) is 12.8 Å². The fraction of sp³-hybridized carbons (Fsp3) is 0.0833. The topological polar surface area (TPSA) is 48.1 Å². The second-order valence-corrected chi connectivity index (χ2v) is 3.87. The predicted octanol–water partition coefficient (Wildman–Crippen LogP) is 3.13. The molecule has 3 nitrogen and oxygen atoms in total. The second kappa shape index (κ2) is 4.59. The van der Waals surface area contributed by atoms with Gasteiger partial charge in [-0.2, -0.15) is 0 Å². The molecule has 0 radical (unpaired) electrons. The van der Waals surface area contributed by atoms with Gasteiger partial charge in [-0.3, -0.25) is 4.98 Å². The first-order valence-electron chi connectivity index (χ1n) is 4.85. The van der Waals surface area contributed by atoms with E-state index in [4.69, 9.17) is 22.1 Å². The summed E-state index contributed by atoms with van der Waals surface area (Å²) in [6, 6.07) is 4.21. The molecule has 1 heterocycles. The molecule has 0 amide bonds. The van der Waals surface area contributed by atoms with E-state index in [9.17, 15) is 4.39 Å². The quantitative estimate of drug-likeness (QED) is 0.836. The van der Waals surface area contributed by atoms with Gasteiger partial charge in [-0.15, -0.1) is 0 Å². The third kappa shape index (κ3) is 2.31. The number of halogens is 2. The minimum atomic E-state index is -0.443. The maximum atomic E-state index is 13.3. The molecule has 0 bridgehead atoms. The SMILES string of the molecule is COc1cncc(-c2cc(F)cc(Cl)c2N)c1. The summed E-state index contributed by atoms with van der Waals surface area (Å²) in [5.74, 6) is 0.129. The van der Waals surface area contributed by atoms with Crippen LogP contribution in [-0.2, 0) is 0 Å². The highest BCUT2D eigenvalue weighted by atomic mass is 35.5. The Bertz CT molecular complexity index is 560. The molecule has 0 aliphatic rings. The highest BCUT2D eigenvalue weighted by molar-refractivity contribution is 6.33. The number of nitrogen functional groups attached to an aromatic ring is 1. The second-order valence-electron chi connectivity index (χ2n) is 3.46. The maximum absolute atomic E-state index is 13.3. The predicted molar refractivity (Wildman–Crippen MR) is 65.6 cm³/mol. The van der Waals surface area contributed by atoms with Crippen LogP contribution in [0.25, 0.3) is 11.1 Å². The van der Waals surface area contributed by atoms with E-state index in [0.717, 1.165) is 0 Å². The Labute approximate surface area is 103 Å². The Hall–Kier alpha value is -1.81. The van der Waals surface area contributed by atoms with Crippen LogP contribution in [0.15, 0.2) is 30.6 Å². The average molecular weight is 253 g/mol. The van der Waals surface area contributed by atoms with Crippen molar-refractivity contribution in [3.05, 3.63) is 41.4 Å². The largest absolute Gasteiger partial charge is 0.495 e. The Morgan fingerprint density at radius 3 is 2.76 bits per heavy atom. The van der Waals surface area contributed by atoms with E-state index in [1.54, 1.807) is 18.5 Å². The van der Waals surface area contributed by atoms with Crippen molar-refractivity contribution in [2.24, 2.45) is 0 Å². The molecule has 1 aromatic heterocycles. The molecular formula is C12H10ClFN2O. The van der Waals surface area contributed by atoms with Crippen LogP contribution in [0.3, 0.4) is 0 Å². The number of rotatable bonds is 2. The van der Waals surface area contributed by atoms with Gasteiger partial charge in [-0.25, -0.2) is 4.39 Å². The fourth-order valence-corrected chi connectivity index (χ4v) is 1.71. The molecule has 5 heteroatoms. The van der Waals surface area contributed by atoms with Gasteiger partial charge < -0.3 is 10.5 Å². The molecule has 17 heavy (non-hydrogen) atoms. The zero-order valence-electron chi connectivity index (χ0n) is 9.08. The first-order chi connectivity index (χ1) is 8.11. The van der Waals surface area contributed by atoms with Crippen LogP contribution in [0.2, 0.25) is 5.02 Å². The summed E-state index contributed by atoms with van der Waals surface area (Å²) in [5.41, 5.74) is 7.29. The molecule has 0 saturated carbocycles. The van der Waals surface area contributed by atoms with E-state index >= 15 is 0 Å². The van der Waals surface area contributed by atoms with Crippen molar-refractivity contribution in [3.63, 3.8) is 0 Å². The van der Waals surface area contributed by atoms with Gasteiger partial charge in [-0.1, -0.05) is 11.6 Å². The van der Waals surface area contributed by atoms with E-state index in [1.807, 2.05) is 0 Å². The van der Waals surface area contributed by atoms with Crippen LogP contribution in [-0.4, -0.2) is 12.1 Å². The molecular weight excluding hydrogens is 243 g/mol. The first kappa shape index (κ1) is 11.7.